The first-order chi connectivity index (χ1) is 6.19. The summed E-state index contributed by atoms with van der Waals surface area (Å²) in [4.78, 5) is 0. The molecule has 0 amide bonds. The fraction of sp³-hybridized carbons (Fsp3) is 0.400. The van der Waals surface area contributed by atoms with E-state index in [9.17, 15) is 0 Å². The molecule has 0 bridgehead atoms. The van der Waals surface area contributed by atoms with Gasteiger partial charge in [0.1, 0.15) is 5.75 Å². The summed E-state index contributed by atoms with van der Waals surface area (Å²) in [6.07, 6.45) is 0. The Morgan fingerprint density at radius 2 is 2.15 bits per heavy atom. The molecule has 0 fully saturated rings. The third-order valence-corrected chi connectivity index (χ3v) is 2.58. The smallest absolute Gasteiger partial charge is 0.123 e. The summed E-state index contributed by atoms with van der Waals surface area (Å²) in [6.45, 7) is 2.10. The molecule has 72 valence electrons. The Kier molecular flexibility index (Phi) is 3.75. The Morgan fingerprint density at radius 1 is 1.46 bits per heavy atom. The molecule has 3 heteroatoms. The second kappa shape index (κ2) is 4.63. The van der Waals surface area contributed by atoms with Gasteiger partial charge in [-0.2, -0.15) is 0 Å². The second-order valence-electron chi connectivity index (χ2n) is 2.90. The quantitative estimate of drug-likeness (QED) is 0.882. The van der Waals surface area contributed by atoms with Crippen LogP contribution in [-0.4, -0.2) is 14.2 Å². The number of hydrogen-bond donors (Lipinski definition) is 1. The summed E-state index contributed by atoms with van der Waals surface area (Å²) >= 11 is 3.44. The molecule has 0 heterocycles. The lowest BCUT2D eigenvalue weighted by molar-refractivity contribution is 0.403. The van der Waals surface area contributed by atoms with Crippen molar-refractivity contribution < 1.29 is 4.74 Å². The van der Waals surface area contributed by atoms with Crippen molar-refractivity contribution in [3.63, 3.8) is 0 Å². The lowest BCUT2D eigenvalue weighted by Gasteiger charge is -2.14. The van der Waals surface area contributed by atoms with Gasteiger partial charge in [0.25, 0.3) is 0 Å². The highest BCUT2D eigenvalue weighted by Crippen LogP contribution is 2.27. The van der Waals surface area contributed by atoms with E-state index in [1.807, 2.05) is 19.2 Å². The van der Waals surface area contributed by atoms with E-state index in [0.717, 1.165) is 10.2 Å². The molecule has 0 saturated carbocycles. The van der Waals surface area contributed by atoms with Crippen molar-refractivity contribution in [1.29, 1.82) is 0 Å². The van der Waals surface area contributed by atoms with Crippen LogP contribution in [0.1, 0.15) is 18.5 Å². The standard InChI is InChI=1S/C10H14BrNO/c1-7(12-2)9-6-8(11)4-5-10(9)13-3/h4-7,12H,1-3H3. The van der Waals surface area contributed by atoms with Gasteiger partial charge in [-0.1, -0.05) is 15.9 Å². The van der Waals surface area contributed by atoms with Crippen LogP contribution in [0.2, 0.25) is 0 Å². The largest absolute Gasteiger partial charge is 0.496 e. The summed E-state index contributed by atoms with van der Waals surface area (Å²) in [7, 11) is 3.63. The van der Waals surface area contributed by atoms with Gasteiger partial charge in [-0.15, -0.1) is 0 Å². The van der Waals surface area contributed by atoms with Gasteiger partial charge in [-0.05, 0) is 32.2 Å². The van der Waals surface area contributed by atoms with Crippen LogP contribution in [0, 0.1) is 0 Å². The lowest BCUT2D eigenvalue weighted by atomic mass is 10.1. The molecule has 0 aromatic heterocycles. The van der Waals surface area contributed by atoms with Gasteiger partial charge in [0, 0.05) is 16.1 Å². The Labute approximate surface area is 87.4 Å². The van der Waals surface area contributed by atoms with E-state index in [4.69, 9.17) is 4.74 Å². The number of methoxy groups -OCH3 is 1. The molecular formula is C10H14BrNO. The zero-order chi connectivity index (χ0) is 9.84. The van der Waals surface area contributed by atoms with Crippen molar-refractivity contribution in [3.8, 4) is 5.75 Å². The van der Waals surface area contributed by atoms with Crippen molar-refractivity contribution >= 4 is 15.9 Å². The Bertz CT molecular complexity index is 288. The van der Waals surface area contributed by atoms with E-state index in [0.29, 0.717) is 6.04 Å². The minimum absolute atomic E-state index is 0.299. The lowest BCUT2D eigenvalue weighted by Crippen LogP contribution is -2.13. The molecule has 1 aromatic rings. The number of ether oxygens (including phenoxy) is 1. The predicted molar refractivity (Wildman–Crippen MR) is 58.2 cm³/mol. The highest BCUT2D eigenvalue weighted by molar-refractivity contribution is 9.10. The predicted octanol–water partition coefficient (Wildman–Crippen LogP) is 2.74. The molecule has 0 radical (unpaired) electrons. The molecule has 13 heavy (non-hydrogen) atoms. The monoisotopic (exact) mass is 243 g/mol. The molecule has 0 aliphatic carbocycles. The minimum atomic E-state index is 0.299. The van der Waals surface area contributed by atoms with E-state index in [1.165, 1.54) is 5.56 Å². The molecule has 1 atom stereocenters. The van der Waals surface area contributed by atoms with Crippen LogP contribution < -0.4 is 10.1 Å². The van der Waals surface area contributed by atoms with Gasteiger partial charge in [-0.3, -0.25) is 0 Å². The first-order valence-electron chi connectivity index (χ1n) is 4.19. The van der Waals surface area contributed by atoms with E-state index in [1.54, 1.807) is 7.11 Å². The molecule has 0 spiro atoms. The van der Waals surface area contributed by atoms with Gasteiger partial charge in [0.05, 0.1) is 7.11 Å². The number of hydrogen-bond acceptors (Lipinski definition) is 2. The summed E-state index contributed by atoms with van der Waals surface area (Å²) in [5.41, 5.74) is 1.17. The zero-order valence-corrected chi connectivity index (χ0v) is 9.68. The van der Waals surface area contributed by atoms with Gasteiger partial charge in [0.2, 0.25) is 0 Å². The van der Waals surface area contributed by atoms with Crippen molar-refractivity contribution in [3.05, 3.63) is 28.2 Å². The van der Waals surface area contributed by atoms with Crippen LogP contribution >= 0.6 is 15.9 Å². The van der Waals surface area contributed by atoms with Crippen molar-refractivity contribution in [2.45, 2.75) is 13.0 Å². The molecule has 0 saturated heterocycles. The molecule has 0 aliphatic rings. The van der Waals surface area contributed by atoms with Crippen LogP contribution in [0.15, 0.2) is 22.7 Å². The summed E-state index contributed by atoms with van der Waals surface area (Å²) in [6, 6.07) is 6.31. The molecule has 0 aliphatic heterocycles. The van der Waals surface area contributed by atoms with Gasteiger partial charge in [0.15, 0.2) is 0 Å². The average Bonchev–Trinajstić information content (AvgIpc) is 2.16. The van der Waals surface area contributed by atoms with Crippen LogP contribution in [0.4, 0.5) is 0 Å². The van der Waals surface area contributed by atoms with Crippen LogP contribution in [0.5, 0.6) is 5.75 Å². The van der Waals surface area contributed by atoms with Gasteiger partial charge < -0.3 is 10.1 Å². The number of rotatable bonds is 3. The molecular weight excluding hydrogens is 230 g/mol. The maximum Gasteiger partial charge on any atom is 0.123 e. The van der Waals surface area contributed by atoms with E-state index in [-0.39, 0.29) is 0 Å². The third-order valence-electron chi connectivity index (χ3n) is 2.09. The number of nitrogens with one attached hydrogen (secondary N) is 1. The Morgan fingerprint density at radius 3 is 2.69 bits per heavy atom. The van der Waals surface area contributed by atoms with Gasteiger partial charge >= 0.3 is 0 Å². The SMILES string of the molecule is CNC(C)c1cc(Br)ccc1OC. The zero-order valence-electron chi connectivity index (χ0n) is 8.10. The van der Waals surface area contributed by atoms with Crippen LogP contribution in [0.3, 0.4) is 0 Å². The van der Waals surface area contributed by atoms with Crippen LogP contribution in [-0.2, 0) is 0 Å². The van der Waals surface area contributed by atoms with E-state index < -0.39 is 0 Å². The average molecular weight is 244 g/mol. The molecule has 1 N–H and O–H groups in total. The van der Waals surface area contributed by atoms with E-state index >= 15 is 0 Å². The maximum absolute atomic E-state index is 5.26. The second-order valence-corrected chi connectivity index (χ2v) is 3.81. The molecule has 2 nitrogen and oxygen atoms in total. The number of halogens is 1. The van der Waals surface area contributed by atoms with Crippen molar-refractivity contribution in [2.75, 3.05) is 14.2 Å². The third kappa shape index (κ3) is 2.45. The van der Waals surface area contributed by atoms with Crippen molar-refractivity contribution in [1.82, 2.24) is 5.32 Å². The Hall–Kier alpha value is -0.540. The van der Waals surface area contributed by atoms with Gasteiger partial charge in [-0.25, -0.2) is 0 Å². The first kappa shape index (κ1) is 10.5. The van der Waals surface area contributed by atoms with Crippen LogP contribution in [0.25, 0.3) is 0 Å². The Balaban J connectivity index is 3.07. The summed E-state index contributed by atoms with van der Waals surface area (Å²) in [5.74, 6) is 0.921. The maximum atomic E-state index is 5.26. The normalized spacial score (nSPS) is 12.6. The summed E-state index contributed by atoms with van der Waals surface area (Å²) in [5, 5.41) is 3.18. The van der Waals surface area contributed by atoms with Crippen molar-refractivity contribution in [2.24, 2.45) is 0 Å². The fourth-order valence-corrected chi connectivity index (χ4v) is 1.58. The topological polar surface area (TPSA) is 21.3 Å². The summed E-state index contributed by atoms with van der Waals surface area (Å²) < 4.78 is 6.34. The molecule has 1 aromatic carbocycles. The highest BCUT2D eigenvalue weighted by Gasteiger charge is 2.09. The number of benzene rings is 1. The fourth-order valence-electron chi connectivity index (χ4n) is 1.20. The van der Waals surface area contributed by atoms with E-state index in [2.05, 4.69) is 34.2 Å². The molecule has 1 unspecified atom stereocenters. The first-order valence-corrected chi connectivity index (χ1v) is 4.99. The highest BCUT2D eigenvalue weighted by atomic mass is 79.9. The minimum Gasteiger partial charge on any atom is -0.496 e. The molecule has 1 rings (SSSR count).